The Balaban J connectivity index is 3.66. The molecule has 0 radical (unpaired) electrons. The minimum atomic E-state index is -2.49. The molecule has 0 saturated carbocycles. The predicted octanol–water partition coefficient (Wildman–Crippen LogP) is 7.20. The maximum Gasteiger partial charge on any atom is 0.500 e. The van der Waals surface area contributed by atoms with Crippen molar-refractivity contribution in [2.75, 3.05) is 52.9 Å². The summed E-state index contributed by atoms with van der Waals surface area (Å²) in [5, 5.41) is 0. The second kappa shape index (κ2) is 28.8. The van der Waals surface area contributed by atoms with E-state index in [9.17, 15) is 9.59 Å². The lowest BCUT2D eigenvalue weighted by Gasteiger charge is -2.28. The van der Waals surface area contributed by atoms with E-state index in [4.69, 9.17) is 37.0 Å². The van der Waals surface area contributed by atoms with Crippen molar-refractivity contribution < 1.29 is 46.6 Å². The molecule has 0 saturated heterocycles. The minimum absolute atomic E-state index is 0.0975. The highest BCUT2D eigenvalue weighted by molar-refractivity contribution is 6.60. The molecule has 0 fully saturated rings. The van der Waals surface area contributed by atoms with Gasteiger partial charge in [-0.3, -0.25) is 4.79 Å². The highest BCUT2D eigenvalue weighted by Gasteiger charge is 2.39. The van der Waals surface area contributed by atoms with Gasteiger partial charge in [-0.1, -0.05) is 51.5 Å². The fourth-order valence-electron chi connectivity index (χ4n) is 4.50. The van der Waals surface area contributed by atoms with Gasteiger partial charge in [-0.2, -0.15) is 0 Å². The fourth-order valence-corrected chi connectivity index (χ4v) is 7.19. The zero-order valence-corrected chi connectivity index (χ0v) is 30.7. The Morgan fingerprint density at radius 2 is 1.07 bits per heavy atom. The molecule has 0 N–H and O–H groups in total. The Kier molecular flexibility index (Phi) is 28.0. The number of hydrogen-bond donors (Lipinski definition) is 0. The van der Waals surface area contributed by atoms with Crippen LogP contribution in [0.5, 0.6) is 0 Å². The van der Waals surface area contributed by atoms with Crippen molar-refractivity contribution >= 4 is 20.7 Å². The lowest BCUT2D eigenvalue weighted by molar-refractivity contribution is -0.144. The summed E-state index contributed by atoms with van der Waals surface area (Å²) in [5.74, 6) is -0.585. The van der Waals surface area contributed by atoms with Crippen LogP contribution >= 0.6 is 0 Å². The molecule has 0 rings (SSSR count). The van der Waals surface area contributed by atoms with Crippen LogP contribution in [0, 0.1) is 0 Å². The highest BCUT2D eigenvalue weighted by atomic mass is 28.4. The summed E-state index contributed by atoms with van der Waals surface area (Å²) in [6, 6.07) is 0.901. The summed E-state index contributed by atoms with van der Waals surface area (Å²) in [6.45, 7) is 20.7. The number of carbonyl (C=O) groups excluding carboxylic acids is 2. The zero-order chi connectivity index (χ0) is 33.8. The van der Waals surface area contributed by atoms with Crippen LogP contribution in [0.1, 0.15) is 119 Å². The Labute approximate surface area is 275 Å². The van der Waals surface area contributed by atoms with Crippen molar-refractivity contribution in [3.63, 3.8) is 0 Å². The third kappa shape index (κ3) is 25.4. The van der Waals surface area contributed by atoms with E-state index in [0.717, 1.165) is 25.3 Å². The molecule has 45 heavy (non-hydrogen) atoms. The molecular formula is C34H66O10Si. The molecule has 10 nitrogen and oxygen atoms in total. The fraction of sp³-hybridized carbons (Fsp3) is 0.882. The van der Waals surface area contributed by atoms with Gasteiger partial charge in [0, 0.05) is 44.5 Å². The van der Waals surface area contributed by atoms with Crippen LogP contribution in [0.25, 0.3) is 0 Å². The number of rotatable bonds is 32. The summed E-state index contributed by atoms with van der Waals surface area (Å²) in [5.41, 5.74) is 0.365. The molecular weight excluding hydrogens is 596 g/mol. The minimum Gasteiger partial charge on any atom is -0.466 e. The van der Waals surface area contributed by atoms with Crippen LogP contribution in [0.3, 0.4) is 0 Å². The Morgan fingerprint density at radius 3 is 1.58 bits per heavy atom. The summed E-state index contributed by atoms with van der Waals surface area (Å²) >= 11 is 0. The third-order valence-electron chi connectivity index (χ3n) is 6.94. The lowest BCUT2D eigenvalue weighted by atomic mass is 10.1. The Morgan fingerprint density at radius 1 is 0.600 bits per heavy atom. The van der Waals surface area contributed by atoms with Crippen molar-refractivity contribution in [1.82, 2.24) is 0 Å². The van der Waals surface area contributed by atoms with Gasteiger partial charge in [0.2, 0.25) is 0 Å². The van der Waals surface area contributed by atoms with Crippen molar-refractivity contribution in [1.29, 1.82) is 0 Å². The van der Waals surface area contributed by atoms with Crippen LogP contribution in [-0.2, 0) is 46.6 Å². The van der Waals surface area contributed by atoms with Gasteiger partial charge in [0.15, 0.2) is 0 Å². The van der Waals surface area contributed by atoms with Gasteiger partial charge in [0.1, 0.15) is 6.61 Å². The quantitative estimate of drug-likeness (QED) is 0.0318. The maximum absolute atomic E-state index is 12.0. The van der Waals surface area contributed by atoms with Crippen LogP contribution in [0.4, 0.5) is 0 Å². The van der Waals surface area contributed by atoms with Gasteiger partial charge in [-0.25, -0.2) is 4.79 Å². The molecule has 0 aliphatic heterocycles. The number of hydrogen-bond acceptors (Lipinski definition) is 10. The molecule has 3 unspecified atom stereocenters. The zero-order valence-electron chi connectivity index (χ0n) is 29.7. The van der Waals surface area contributed by atoms with Gasteiger partial charge in [-0.05, 0) is 67.7 Å². The molecule has 0 aromatic carbocycles. The third-order valence-corrected chi connectivity index (χ3v) is 10.1. The SMILES string of the molecule is C=C(C)C(=O)OCC(C)OCC(C)OCC(C)OCCCC(=O)OCCCCCCCCCCC[Si](OCC)(OCC)OCC. The normalized spacial score (nSPS) is 13.8. The molecule has 0 aromatic heterocycles. The summed E-state index contributed by atoms with van der Waals surface area (Å²) in [4.78, 5) is 23.4. The van der Waals surface area contributed by atoms with E-state index in [2.05, 4.69) is 6.58 Å². The monoisotopic (exact) mass is 662 g/mol. The largest absolute Gasteiger partial charge is 0.500 e. The molecule has 266 valence electrons. The Bertz CT molecular complexity index is 733. The average Bonchev–Trinajstić information content (AvgIpc) is 3.00. The number of ether oxygens (including phenoxy) is 5. The van der Waals surface area contributed by atoms with Gasteiger partial charge < -0.3 is 37.0 Å². The molecule has 0 bridgehead atoms. The number of unbranched alkanes of at least 4 members (excludes halogenated alkanes) is 8. The van der Waals surface area contributed by atoms with Crippen molar-refractivity contribution in [2.24, 2.45) is 0 Å². The smallest absolute Gasteiger partial charge is 0.466 e. The maximum atomic E-state index is 12.0. The van der Waals surface area contributed by atoms with E-state index >= 15 is 0 Å². The van der Waals surface area contributed by atoms with E-state index < -0.39 is 14.8 Å². The molecule has 0 aliphatic carbocycles. The number of carbonyl (C=O) groups is 2. The van der Waals surface area contributed by atoms with E-state index in [1.807, 2.05) is 41.5 Å². The summed E-state index contributed by atoms with van der Waals surface area (Å²) in [7, 11) is -2.49. The molecule has 11 heteroatoms. The van der Waals surface area contributed by atoms with Gasteiger partial charge in [0.25, 0.3) is 0 Å². The Hall–Kier alpha value is -1.34. The van der Waals surface area contributed by atoms with E-state index in [1.165, 1.54) is 38.5 Å². The molecule has 0 aliphatic rings. The van der Waals surface area contributed by atoms with Crippen molar-refractivity contribution in [3.8, 4) is 0 Å². The predicted molar refractivity (Wildman–Crippen MR) is 179 cm³/mol. The molecule has 3 atom stereocenters. The first-order chi connectivity index (χ1) is 21.6. The van der Waals surface area contributed by atoms with Crippen LogP contribution in [-0.4, -0.2) is 91.9 Å². The van der Waals surface area contributed by atoms with Crippen LogP contribution < -0.4 is 0 Å². The first-order valence-electron chi connectivity index (χ1n) is 17.3. The first-order valence-corrected chi connectivity index (χ1v) is 19.3. The van der Waals surface area contributed by atoms with Crippen molar-refractivity contribution in [2.45, 2.75) is 143 Å². The topological polar surface area (TPSA) is 108 Å². The average molecular weight is 663 g/mol. The van der Waals surface area contributed by atoms with Crippen LogP contribution in [0.15, 0.2) is 12.2 Å². The number of esters is 2. The van der Waals surface area contributed by atoms with Gasteiger partial charge in [-0.15, -0.1) is 0 Å². The standard InChI is InChI=1S/C34H66O10Si/c1-9-42-45(43-10-2,44-11-3)25-20-18-16-14-12-13-15-17-19-23-38-33(35)22-21-24-37-30(6)26-39-31(7)27-40-32(8)28-41-34(36)29(4)5/h30-32H,4,9-28H2,1-3,5-8H3. The van der Waals surface area contributed by atoms with E-state index in [0.29, 0.717) is 64.7 Å². The lowest BCUT2D eigenvalue weighted by Crippen LogP contribution is -2.45. The first kappa shape index (κ1) is 43.7. The summed E-state index contributed by atoms with van der Waals surface area (Å²) in [6.07, 6.45) is 10.9. The van der Waals surface area contributed by atoms with Gasteiger partial charge in [0.05, 0.1) is 38.1 Å². The second-order valence-corrected chi connectivity index (χ2v) is 14.3. The van der Waals surface area contributed by atoms with E-state index in [-0.39, 0.29) is 30.9 Å². The molecule has 0 aromatic rings. The van der Waals surface area contributed by atoms with Crippen LogP contribution in [0.2, 0.25) is 6.04 Å². The van der Waals surface area contributed by atoms with Gasteiger partial charge >= 0.3 is 20.7 Å². The summed E-state index contributed by atoms with van der Waals surface area (Å²) < 4.78 is 45.4. The second-order valence-electron chi connectivity index (χ2n) is 11.6. The molecule has 0 spiro atoms. The molecule has 0 amide bonds. The van der Waals surface area contributed by atoms with Crippen molar-refractivity contribution in [3.05, 3.63) is 12.2 Å². The highest BCUT2D eigenvalue weighted by Crippen LogP contribution is 2.21. The van der Waals surface area contributed by atoms with E-state index in [1.54, 1.807) is 6.92 Å². The molecule has 0 heterocycles.